The summed E-state index contributed by atoms with van der Waals surface area (Å²) < 4.78 is 27.3. The largest absolute Gasteiger partial charge is 0.508 e. The molecule has 1 atom stereocenters. The van der Waals surface area contributed by atoms with E-state index in [2.05, 4.69) is 4.72 Å². The molecule has 1 aromatic rings. The van der Waals surface area contributed by atoms with E-state index in [1.165, 1.54) is 24.3 Å². The molecular weight excluding hydrogens is 318 g/mol. The Morgan fingerprint density at radius 1 is 1.26 bits per heavy atom. The fourth-order valence-electron chi connectivity index (χ4n) is 4.07. The van der Waals surface area contributed by atoms with Crippen molar-refractivity contribution in [2.45, 2.75) is 38.1 Å². The van der Waals surface area contributed by atoms with Gasteiger partial charge in [-0.3, -0.25) is 4.79 Å². The van der Waals surface area contributed by atoms with E-state index >= 15 is 0 Å². The first-order valence-electron chi connectivity index (χ1n) is 7.80. The zero-order valence-corrected chi connectivity index (χ0v) is 13.6. The number of aromatic hydroxyl groups is 1. The standard InChI is InChI=1S/C16H21NO5S/c18-13-3-1-12(2-4-13)14(15(19)20)17-23(21,22)10-16-7-5-11(9-16)6-8-16/h1-4,11,14,17-18H,5-10H2,(H,19,20)/t11?,14-,16?/m0/s1. The zero-order chi connectivity index (χ0) is 16.7. The Kier molecular flexibility index (Phi) is 4.10. The van der Waals surface area contributed by atoms with Crippen LogP contribution in [0.5, 0.6) is 5.75 Å². The lowest BCUT2D eigenvalue weighted by atomic mass is 9.87. The van der Waals surface area contributed by atoms with Crippen LogP contribution in [-0.4, -0.2) is 30.4 Å². The fourth-order valence-corrected chi connectivity index (χ4v) is 5.96. The number of aliphatic carboxylic acids is 1. The summed E-state index contributed by atoms with van der Waals surface area (Å²) in [7, 11) is -3.70. The van der Waals surface area contributed by atoms with Gasteiger partial charge in [0.15, 0.2) is 0 Å². The van der Waals surface area contributed by atoms with Gasteiger partial charge < -0.3 is 10.2 Å². The van der Waals surface area contributed by atoms with Crippen molar-refractivity contribution in [2.75, 3.05) is 5.75 Å². The van der Waals surface area contributed by atoms with Crippen LogP contribution in [0.25, 0.3) is 0 Å². The minimum atomic E-state index is -3.70. The number of hydrogen-bond donors (Lipinski definition) is 3. The van der Waals surface area contributed by atoms with Crippen LogP contribution < -0.4 is 4.72 Å². The lowest BCUT2D eigenvalue weighted by Crippen LogP contribution is -2.39. The van der Waals surface area contributed by atoms with Gasteiger partial charge in [-0.2, -0.15) is 4.72 Å². The molecule has 1 aromatic carbocycles. The SMILES string of the molecule is O=C(O)[C@@H](NS(=O)(=O)CC12CCC(CC1)C2)c1ccc(O)cc1. The van der Waals surface area contributed by atoms with E-state index in [-0.39, 0.29) is 16.9 Å². The van der Waals surface area contributed by atoms with Crippen molar-refractivity contribution in [1.82, 2.24) is 4.72 Å². The number of phenolic OH excluding ortho intramolecular Hbond substituents is 1. The molecule has 0 amide bonds. The van der Waals surface area contributed by atoms with Gasteiger partial charge in [0, 0.05) is 0 Å². The Morgan fingerprint density at radius 2 is 1.87 bits per heavy atom. The van der Waals surface area contributed by atoms with Gasteiger partial charge in [0.25, 0.3) is 0 Å². The maximum absolute atomic E-state index is 12.5. The third kappa shape index (κ3) is 3.50. The molecule has 3 rings (SSSR count). The number of hydrogen-bond acceptors (Lipinski definition) is 4. The number of carboxylic acids is 1. The van der Waals surface area contributed by atoms with Gasteiger partial charge in [-0.15, -0.1) is 0 Å². The van der Waals surface area contributed by atoms with E-state index in [1.807, 2.05) is 0 Å². The maximum Gasteiger partial charge on any atom is 0.326 e. The summed E-state index contributed by atoms with van der Waals surface area (Å²) in [5.41, 5.74) is 0.126. The second kappa shape index (κ2) is 5.79. The van der Waals surface area contributed by atoms with Crippen LogP contribution >= 0.6 is 0 Å². The fraction of sp³-hybridized carbons (Fsp3) is 0.562. The molecule has 0 aromatic heterocycles. The molecule has 0 radical (unpaired) electrons. The van der Waals surface area contributed by atoms with Crippen molar-refractivity contribution in [3.63, 3.8) is 0 Å². The quantitative estimate of drug-likeness (QED) is 0.735. The van der Waals surface area contributed by atoms with Gasteiger partial charge in [-0.25, -0.2) is 8.42 Å². The van der Waals surface area contributed by atoms with Gasteiger partial charge >= 0.3 is 5.97 Å². The van der Waals surface area contributed by atoms with Crippen molar-refractivity contribution >= 4 is 16.0 Å². The first kappa shape index (κ1) is 16.3. The van der Waals surface area contributed by atoms with E-state index in [1.54, 1.807) is 0 Å². The molecule has 3 N–H and O–H groups in total. The van der Waals surface area contributed by atoms with Crippen LogP contribution in [0.3, 0.4) is 0 Å². The highest BCUT2D eigenvalue weighted by Gasteiger charge is 2.47. The number of rotatable bonds is 6. The van der Waals surface area contributed by atoms with Crippen molar-refractivity contribution in [1.29, 1.82) is 0 Å². The number of fused-ring (bicyclic) bond motifs is 2. The molecule has 0 heterocycles. The predicted molar refractivity (Wildman–Crippen MR) is 84.4 cm³/mol. The van der Waals surface area contributed by atoms with E-state index in [0.717, 1.165) is 32.1 Å². The summed E-state index contributed by atoms with van der Waals surface area (Å²) in [6.45, 7) is 0. The molecule has 2 fully saturated rings. The summed E-state index contributed by atoms with van der Waals surface area (Å²) in [5, 5.41) is 18.6. The molecule has 2 saturated carbocycles. The third-order valence-corrected chi connectivity index (χ3v) is 6.74. The van der Waals surface area contributed by atoms with Crippen LogP contribution in [-0.2, 0) is 14.8 Å². The van der Waals surface area contributed by atoms with Gasteiger partial charge in [0.1, 0.15) is 11.8 Å². The zero-order valence-electron chi connectivity index (χ0n) is 12.7. The van der Waals surface area contributed by atoms with Gasteiger partial charge in [-0.1, -0.05) is 12.1 Å². The molecule has 2 aliphatic rings. The van der Waals surface area contributed by atoms with Crippen LogP contribution in [0.2, 0.25) is 0 Å². The molecule has 23 heavy (non-hydrogen) atoms. The van der Waals surface area contributed by atoms with Crippen LogP contribution in [0.4, 0.5) is 0 Å². The molecule has 0 aliphatic heterocycles. The summed E-state index contributed by atoms with van der Waals surface area (Å²) >= 11 is 0. The lowest BCUT2D eigenvalue weighted by Gasteiger charge is -2.27. The highest BCUT2D eigenvalue weighted by atomic mass is 32.2. The Hall–Kier alpha value is -1.60. The van der Waals surface area contributed by atoms with Gasteiger partial charge in [0.05, 0.1) is 5.75 Å². The summed E-state index contributed by atoms with van der Waals surface area (Å²) in [5.74, 6) is -0.620. The normalized spacial score (nSPS) is 27.9. The smallest absolute Gasteiger partial charge is 0.326 e. The number of nitrogens with one attached hydrogen (secondary N) is 1. The van der Waals surface area contributed by atoms with Crippen molar-refractivity contribution in [3.05, 3.63) is 29.8 Å². The average molecular weight is 339 g/mol. The molecular formula is C16H21NO5S. The highest BCUT2D eigenvalue weighted by Crippen LogP contribution is 2.54. The number of sulfonamides is 1. The summed E-state index contributed by atoms with van der Waals surface area (Å²) in [4.78, 5) is 11.5. The Balaban J connectivity index is 1.76. The summed E-state index contributed by atoms with van der Waals surface area (Å²) in [6, 6.07) is 4.18. The molecule has 0 spiro atoms. The second-order valence-electron chi connectivity index (χ2n) is 6.89. The number of carbonyl (C=O) groups is 1. The minimum Gasteiger partial charge on any atom is -0.508 e. The Labute approximate surface area is 135 Å². The molecule has 0 saturated heterocycles. The number of carboxylic acid groups (broad SMARTS) is 1. The first-order chi connectivity index (χ1) is 10.8. The highest BCUT2D eigenvalue weighted by molar-refractivity contribution is 7.89. The minimum absolute atomic E-state index is 0.00162. The van der Waals surface area contributed by atoms with Gasteiger partial charge in [-0.05, 0) is 61.1 Å². The first-order valence-corrected chi connectivity index (χ1v) is 9.46. The average Bonchev–Trinajstić information content (AvgIpc) is 3.05. The van der Waals surface area contributed by atoms with Crippen LogP contribution in [0.15, 0.2) is 24.3 Å². The van der Waals surface area contributed by atoms with Crippen molar-refractivity contribution < 1.29 is 23.4 Å². The van der Waals surface area contributed by atoms with Gasteiger partial charge in [0.2, 0.25) is 10.0 Å². The Morgan fingerprint density at radius 3 is 2.35 bits per heavy atom. The van der Waals surface area contributed by atoms with Crippen molar-refractivity contribution in [3.8, 4) is 5.75 Å². The molecule has 6 nitrogen and oxygen atoms in total. The molecule has 0 unspecified atom stereocenters. The number of benzene rings is 1. The molecule has 7 heteroatoms. The third-order valence-electron chi connectivity index (χ3n) is 5.15. The predicted octanol–water partition coefficient (Wildman–Crippen LogP) is 2.02. The van der Waals surface area contributed by atoms with Crippen molar-refractivity contribution in [2.24, 2.45) is 11.3 Å². The maximum atomic E-state index is 12.5. The number of phenols is 1. The van der Waals surface area contributed by atoms with E-state index in [4.69, 9.17) is 0 Å². The molecule has 2 bridgehead atoms. The monoisotopic (exact) mass is 339 g/mol. The second-order valence-corrected chi connectivity index (χ2v) is 8.64. The molecule has 126 valence electrons. The van der Waals surface area contributed by atoms with E-state index < -0.39 is 22.0 Å². The summed E-state index contributed by atoms with van der Waals surface area (Å²) in [6.07, 6.45) is 4.92. The molecule has 2 aliphatic carbocycles. The lowest BCUT2D eigenvalue weighted by molar-refractivity contribution is -0.139. The van der Waals surface area contributed by atoms with E-state index in [0.29, 0.717) is 11.5 Å². The Bertz CT molecular complexity index is 690. The van der Waals surface area contributed by atoms with Crippen LogP contribution in [0.1, 0.15) is 43.7 Å². The topological polar surface area (TPSA) is 104 Å². The van der Waals surface area contributed by atoms with E-state index in [9.17, 15) is 23.4 Å². The van der Waals surface area contributed by atoms with Crippen LogP contribution in [0, 0.1) is 11.3 Å².